The summed E-state index contributed by atoms with van der Waals surface area (Å²) in [5, 5.41) is 7.16. The summed E-state index contributed by atoms with van der Waals surface area (Å²) in [4.78, 5) is 19.3. The molecule has 1 aliphatic carbocycles. The number of thiazole rings is 1. The van der Waals surface area contributed by atoms with Gasteiger partial charge in [0.05, 0.1) is 30.9 Å². The molecular formula is C16H18N2O2S2. The van der Waals surface area contributed by atoms with Gasteiger partial charge in [-0.05, 0) is 30.7 Å². The summed E-state index contributed by atoms with van der Waals surface area (Å²) in [5.74, 6) is 0.197. The van der Waals surface area contributed by atoms with Crippen LogP contribution in [-0.4, -0.2) is 41.1 Å². The number of carbonyl (C=O) groups excluding carboxylic acids is 1. The fraction of sp³-hybridized carbons (Fsp3) is 0.500. The summed E-state index contributed by atoms with van der Waals surface area (Å²) < 4.78 is 5.78. The van der Waals surface area contributed by atoms with Gasteiger partial charge in [0, 0.05) is 22.9 Å². The second-order valence-corrected chi connectivity index (χ2v) is 7.47. The van der Waals surface area contributed by atoms with Crippen molar-refractivity contribution < 1.29 is 9.53 Å². The van der Waals surface area contributed by atoms with E-state index in [1.54, 1.807) is 22.7 Å². The quantitative estimate of drug-likeness (QED) is 0.866. The normalized spacial score (nSPS) is 24.5. The Bertz CT molecular complexity index is 653. The highest BCUT2D eigenvalue weighted by Gasteiger charge is 2.38. The fourth-order valence-corrected chi connectivity index (χ4v) is 4.93. The Hall–Kier alpha value is -1.24. The lowest BCUT2D eigenvalue weighted by Gasteiger charge is -2.37. The minimum Gasteiger partial charge on any atom is -0.374 e. The van der Waals surface area contributed by atoms with Crippen LogP contribution in [0.3, 0.4) is 0 Å². The van der Waals surface area contributed by atoms with Crippen LogP contribution in [0.5, 0.6) is 0 Å². The van der Waals surface area contributed by atoms with Crippen LogP contribution in [-0.2, 0) is 16.0 Å². The maximum atomic E-state index is 12.6. The maximum Gasteiger partial charge on any atom is 0.229 e. The average Bonchev–Trinajstić information content (AvgIpc) is 3.27. The maximum absolute atomic E-state index is 12.6. The number of morpholine rings is 1. The van der Waals surface area contributed by atoms with E-state index < -0.39 is 0 Å². The molecule has 0 aromatic carbocycles. The van der Waals surface area contributed by atoms with Crippen molar-refractivity contribution in [3.8, 4) is 10.6 Å². The molecule has 4 rings (SSSR count). The van der Waals surface area contributed by atoms with Crippen molar-refractivity contribution in [1.82, 2.24) is 9.88 Å². The number of thiophene rings is 1. The van der Waals surface area contributed by atoms with Crippen LogP contribution in [0.4, 0.5) is 0 Å². The summed E-state index contributed by atoms with van der Waals surface area (Å²) in [7, 11) is 0. The standard InChI is InChI=1S/C16H18N2O2S2/c19-15(18-5-6-20-14-3-1-2-13(14)18)8-12-10-22-16(17-12)11-4-7-21-9-11/h4,7,9-10,13-14H,1-3,5-6,8H2. The summed E-state index contributed by atoms with van der Waals surface area (Å²) in [5.41, 5.74) is 2.04. The van der Waals surface area contributed by atoms with Gasteiger partial charge in [-0.3, -0.25) is 4.79 Å². The van der Waals surface area contributed by atoms with Crippen LogP contribution in [0.2, 0.25) is 0 Å². The van der Waals surface area contributed by atoms with E-state index in [0.717, 1.165) is 42.1 Å². The Labute approximate surface area is 137 Å². The van der Waals surface area contributed by atoms with Crippen molar-refractivity contribution in [3.63, 3.8) is 0 Å². The first-order chi connectivity index (χ1) is 10.8. The monoisotopic (exact) mass is 334 g/mol. The smallest absolute Gasteiger partial charge is 0.229 e. The van der Waals surface area contributed by atoms with Crippen LogP contribution in [0.15, 0.2) is 22.2 Å². The minimum atomic E-state index is 0.197. The average molecular weight is 334 g/mol. The van der Waals surface area contributed by atoms with Crippen LogP contribution < -0.4 is 0 Å². The van der Waals surface area contributed by atoms with Crippen molar-refractivity contribution in [2.75, 3.05) is 13.2 Å². The highest BCUT2D eigenvalue weighted by molar-refractivity contribution is 7.14. The largest absolute Gasteiger partial charge is 0.374 e. The molecule has 3 heterocycles. The lowest BCUT2D eigenvalue weighted by Crippen LogP contribution is -2.51. The summed E-state index contributed by atoms with van der Waals surface area (Å²) in [6.07, 6.45) is 4.00. The Balaban J connectivity index is 1.45. The van der Waals surface area contributed by atoms with Crippen molar-refractivity contribution >= 4 is 28.6 Å². The van der Waals surface area contributed by atoms with Crippen LogP contribution in [0.1, 0.15) is 25.0 Å². The molecule has 0 spiro atoms. The molecule has 2 aromatic heterocycles. The number of hydrogen-bond acceptors (Lipinski definition) is 5. The van der Waals surface area contributed by atoms with Crippen LogP contribution in [0.25, 0.3) is 10.6 Å². The highest BCUT2D eigenvalue weighted by Crippen LogP contribution is 2.30. The highest BCUT2D eigenvalue weighted by atomic mass is 32.1. The molecule has 1 saturated carbocycles. The number of ether oxygens (including phenoxy) is 1. The Kier molecular flexibility index (Phi) is 3.98. The van der Waals surface area contributed by atoms with Crippen molar-refractivity contribution in [2.45, 2.75) is 37.8 Å². The molecule has 6 heteroatoms. The molecule has 2 atom stereocenters. The van der Waals surface area contributed by atoms with Gasteiger partial charge in [-0.25, -0.2) is 4.98 Å². The number of nitrogens with zero attached hydrogens (tertiary/aromatic N) is 2. The molecule has 1 saturated heterocycles. The number of rotatable bonds is 3. The molecular weight excluding hydrogens is 316 g/mol. The first-order valence-corrected chi connectivity index (χ1v) is 9.51. The zero-order valence-electron chi connectivity index (χ0n) is 12.2. The predicted molar refractivity (Wildman–Crippen MR) is 88.2 cm³/mol. The topological polar surface area (TPSA) is 42.4 Å². The molecule has 2 aromatic rings. The third kappa shape index (κ3) is 2.71. The van der Waals surface area contributed by atoms with E-state index in [1.165, 1.54) is 0 Å². The van der Waals surface area contributed by atoms with Gasteiger partial charge in [0.25, 0.3) is 0 Å². The summed E-state index contributed by atoms with van der Waals surface area (Å²) >= 11 is 3.28. The number of aromatic nitrogens is 1. The molecule has 2 unspecified atom stereocenters. The van der Waals surface area contributed by atoms with Crippen molar-refractivity contribution in [3.05, 3.63) is 27.9 Å². The molecule has 2 aliphatic rings. The van der Waals surface area contributed by atoms with Crippen LogP contribution in [0, 0.1) is 0 Å². The molecule has 116 valence electrons. The predicted octanol–water partition coefficient (Wildman–Crippen LogP) is 3.19. The summed E-state index contributed by atoms with van der Waals surface area (Å²) in [6.45, 7) is 1.39. The molecule has 4 nitrogen and oxygen atoms in total. The van der Waals surface area contributed by atoms with Gasteiger partial charge in [-0.15, -0.1) is 11.3 Å². The van der Waals surface area contributed by atoms with E-state index >= 15 is 0 Å². The molecule has 1 amide bonds. The van der Waals surface area contributed by atoms with E-state index in [-0.39, 0.29) is 18.1 Å². The first-order valence-electron chi connectivity index (χ1n) is 7.69. The minimum absolute atomic E-state index is 0.197. The zero-order chi connectivity index (χ0) is 14.9. The van der Waals surface area contributed by atoms with Gasteiger partial charge >= 0.3 is 0 Å². The number of hydrogen-bond donors (Lipinski definition) is 0. The van der Waals surface area contributed by atoms with Gasteiger partial charge in [-0.1, -0.05) is 0 Å². The van der Waals surface area contributed by atoms with Gasteiger partial charge in [0.1, 0.15) is 5.01 Å². The first kappa shape index (κ1) is 14.4. The molecule has 0 N–H and O–H groups in total. The molecule has 0 radical (unpaired) electrons. The fourth-order valence-electron chi connectivity index (χ4n) is 3.40. The van der Waals surface area contributed by atoms with Gasteiger partial charge in [-0.2, -0.15) is 11.3 Å². The Morgan fingerprint density at radius 3 is 3.23 bits per heavy atom. The van der Waals surface area contributed by atoms with Gasteiger partial charge in [0.2, 0.25) is 5.91 Å². The lowest BCUT2D eigenvalue weighted by atomic mass is 10.1. The number of amides is 1. The lowest BCUT2D eigenvalue weighted by molar-refractivity contribution is -0.143. The van der Waals surface area contributed by atoms with Crippen LogP contribution >= 0.6 is 22.7 Å². The van der Waals surface area contributed by atoms with E-state index in [9.17, 15) is 4.79 Å². The second kappa shape index (κ2) is 6.10. The summed E-state index contributed by atoms with van der Waals surface area (Å²) in [6, 6.07) is 2.36. The van der Waals surface area contributed by atoms with Gasteiger partial charge < -0.3 is 9.64 Å². The zero-order valence-corrected chi connectivity index (χ0v) is 13.9. The van der Waals surface area contributed by atoms with E-state index in [4.69, 9.17) is 4.74 Å². The van der Waals surface area contributed by atoms with Gasteiger partial charge in [0.15, 0.2) is 0 Å². The van der Waals surface area contributed by atoms with Crippen molar-refractivity contribution in [1.29, 1.82) is 0 Å². The van der Waals surface area contributed by atoms with E-state index in [2.05, 4.69) is 21.8 Å². The Morgan fingerprint density at radius 2 is 2.36 bits per heavy atom. The van der Waals surface area contributed by atoms with Crippen molar-refractivity contribution in [2.24, 2.45) is 0 Å². The molecule has 22 heavy (non-hydrogen) atoms. The second-order valence-electron chi connectivity index (χ2n) is 5.83. The third-order valence-corrected chi connectivity index (χ3v) is 6.08. The molecule has 1 aliphatic heterocycles. The number of fused-ring (bicyclic) bond motifs is 1. The van der Waals surface area contributed by atoms with E-state index in [1.807, 2.05) is 10.3 Å². The molecule has 0 bridgehead atoms. The Morgan fingerprint density at radius 1 is 1.41 bits per heavy atom. The van der Waals surface area contributed by atoms with E-state index in [0.29, 0.717) is 13.0 Å². The third-order valence-electron chi connectivity index (χ3n) is 4.45. The number of carbonyl (C=O) groups is 1. The molecule has 2 fully saturated rings. The SMILES string of the molecule is O=C(Cc1csc(-c2ccsc2)n1)N1CCOC2CCCC21.